The van der Waals surface area contributed by atoms with Crippen molar-refractivity contribution in [1.82, 2.24) is 15.5 Å². The first-order valence-corrected chi connectivity index (χ1v) is 8.02. The Morgan fingerprint density at radius 2 is 2.11 bits per heavy atom. The van der Waals surface area contributed by atoms with Crippen LogP contribution >= 0.6 is 0 Å². The van der Waals surface area contributed by atoms with Crippen LogP contribution in [0.3, 0.4) is 0 Å². The van der Waals surface area contributed by atoms with E-state index in [0.29, 0.717) is 12.6 Å². The first kappa shape index (κ1) is 14.8. The standard InChI is InChI=1S/C15H29N3O/c1-2-3-8-17-15(19)12-18-11-4-5-14(18)13-6-9-16-10-7-13/h13-14,16H,2-12H2,1H3,(H,17,19). The van der Waals surface area contributed by atoms with Gasteiger partial charge >= 0.3 is 0 Å². The lowest BCUT2D eigenvalue weighted by molar-refractivity contribution is -0.122. The van der Waals surface area contributed by atoms with Crippen molar-refractivity contribution < 1.29 is 4.79 Å². The van der Waals surface area contributed by atoms with Crippen LogP contribution in [-0.4, -0.2) is 49.6 Å². The predicted molar refractivity (Wildman–Crippen MR) is 78.1 cm³/mol. The summed E-state index contributed by atoms with van der Waals surface area (Å²) in [6.45, 7) is 7.00. The highest BCUT2D eigenvalue weighted by Crippen LogP contribution is 2.29. The molecule has 2 N–H and O–H groups in total. The average Bonchev–Trinajstić information content (AvgIpc) is 2.88. The molecular formula is C15H29N3O. The molecule has 0 aliphatic carbocycles. The van der Waals surface area contributed by atoms with E-state index in [2.05, 4.69) is 22.5 Å². The SMILES string of the molecule is CCCCNC(=O)CN1CCCC1C1CCNCC1. The van der Waals surface area contributed by atoms with Crippen LogP contribution < -0.4 is 10.6 Å². The second-order valence-electron chi connectivity index (χ2n) is 5.97. The third kappa shape index (κ3) is 4.46. The van der Waals surface area contributed by atoms with Crippen molar-refractivity contribution in [2.75, 3.05) is 32.7 Å². The molecule has 0 bridgehead atoms. The van der Waals surface area contributed by atoms with Crippen molar-refractivity contribution in [1.29, 1.82) is 0 Å². The molecule has 19 heavy (non-hydrogen) atoms. The van der Waals surface area contributed by atoms with Crippen molar-refractivity contribution in [2.45, 2.75) is 51.5 Å². The first-order valence-electron chi connectivity index (χ1n) is 8.02. The fourth-order valence-corrected chi connectivity index (χ4v) is 3.46. The Bertz CT molecular complexity index is 277. The summed E-state index contributed by atoms with van der Waals surface area (Å²) in [6.07, 6.45) is 7.33. The van der Waals surface area contributed by atoms with E-state index < -0.39 is 0 Å². The number of carbonyl (C=O) groups excluding carboxylic acids is 1. The van der Waals surface area contributed by atoms with Crippen LogP contribution in [0.5, 0.6) is 0 Å². The van der Waals surface area contributed by atoms with Gasteiger partial charge in [-0.3, -0.25) is 9.69 Å². The van der Waals surface area contributed by atoms with E-state index in [0.717, 1.165) is 44.9 Å². The Labute approximate surface area is 117 Å². The quantitative estimate of drug-likeness (QED) is 0.714. The summed E-state index contributed by atoms with van der Waals surface area (Å²) in [5, 5.41) is 6.47. The van der Waals surface area contributed by atoms with Gasteiger partial charge in [0.1, 0.15) is 0 Å². The van der Waals surface area contributed by atoms with E-state index in [1.807, 2.05) is 0 Å². The number of nitrogens with one attached hydrogen (secondary N) is 2. The Hall–Kier alpha value is -0.610. The molecule has 4 nitrogen and oxygen atoms in total. The van der Waals surface area contributed by atoms with Gasteiger partial charge in [0.2, 0.25) is 5.91 Å². The lowest BCUT2D eigenvalue weighted by atomic mass is 9.89. The minimum Gasteiger partial charge on any atom is -0.355 e. The zero-order valence-corrected chi connectivity index (χ0v) is 12.3. The van der Waals surface area contributed by atoms with Gasteiger partial charge < -0.3 is 10.6 Å². The van der Waals surface area contributed by atoms with E-state index in [-0.39, 0.29) is 5.91 Å². The number of carbonyl (C=O) groups is 1. The molecule has 0 aromatic heterocycles. The number of rotatable bonds is 6. The molecule has 110 valence electrons. The lowest BCUT2D eigenvalue weighted by Crippen LogP contribution is -2.45. The average molecular weight is 267 g/mol. The molecule has 2 aliphatic heterocycles. The fourth-order valence-electron chi connectivity index (χ4n) is 3.46. The Balaban J connectivity index is 1.76. The maximum atomic E-state index is 11.9. The highest BCUT2D eigenvalue weighted by molar-refractivity contribution is 5.78. The maximum absolute atomic E-state index is 11.9. The monoisotopic (exact) mass is 267 g/mol. The van der Waals surface area contributed by atoms with Crippen LogP contribution in [-0.2, 0) is 4.79 Å². The number of likely N-dealkylation sites (tertiary alicyclic amines) is 1. The summed E-state index contributed by atoms with van der Waals surface area (Å²) in [6, 6.07) is 0.652. The number of hydrogen-bond acceptors (Lipinski definition) is 3. The maximum Gasteiger partial charge on any atom is 0.234 e. The van der Waals surface area contributed by atoms with E-state index in [1.54, 1.807) is 0 Å². The number of nitrogens with zero attached hydrogens (tertiary/aromatic N) is 1. The minimum atomic E-state index is 0.217. The largest absolute Gasteiger partial charge is 0.355 e. The third-order valence-electron chi connectivity index (χ3n) is 4.54. The topological polar surface area (TPSA) is 44.4 Å². The third-order valence-corrected chi connectivity index (χ3v) is 4.54. The van der Waals surface area contributed by atoms with Crippen LogP contribution in [0.2, 0.25) is 0 Å². The molecule has 4 heteroatoms. The molecular weight excluding hydrogens is 238 g/mol. The lowest BCUT2D eigenvalue weighted by Gasteiger charge is -2.34. The molecule has 1 atom stereocenters. The Morgan fingerprint density at radius 1 is 1.32 bits per heavy atom. The molecule has 1 amide bonds. The van der Waals surface area contributed by atoms with Crippen LogP contribution in [0.4, 0.5) is 0 Å². The van der Waals surface area contributed by atoms with Gasteiger partial charge in [0.05, 0.1) is 6.54 Å². The Kier molecular flexibility index (Phi) is 6.11. The van der Waals surface area contributed by atoms with Crippen molar-refractivity contribution in [3.8, 4) is 0 Å². The van der Waals surface area contributed by atoms with Crippen LogP contribution in [0.1, 0.15) is 45.4 Å². The minimum absolute atomic E-state index is 0.217. The molecule has 1 unspecified atom stereocenters. The second kappa shape index (κ2) is 7.85. The molecule has 0 spiro atoms. The summed E-state index contributed by atoms with van der Waals surface area (Å²) in [5.74, 6) is 1.02. The number of piperidine rings is 1. The number of unbranched alkanes of at least 4 members (excludes halogenated alkanes) is 1. The smallest absolute Gasteiger partial charge is 0.234 e. The van der Waals surface area contributed by atoms with E-state index in [1.165, 1.54) is 25.7 Å². The van der Waals surface area contributed by atoms with Gasteiger partial charge in [-0.05, 0) is 57.7 Å². The van der Waals surface area contributed by atoms with Crippen LogP contribution in [0, 0.1) is 5.92 Å². The summed E-state index contributed by atoms with van der Waals surface area (Å²) in [5.41, 5.74) is 0. The summed E-state index contributed by atoms with van der Waals surface area (Å²) < 4.78 is 0. The predicted octanol–water partition coefficient (Wildman–Crippen LogP) is 1.37. The molecule has 2 heterocycles. The van der Waals surface area contributed by atoms with Crippen molar-refractivity contribution in [3.05, 3.63) is 0 Å². The normalized spacial score (nSPS) is 25.6. The van der Waals surface area contributed by atoms with E-state index in [4.69, 9.17) is 0 Å². The van der Waals surface area contributed by atoms with Crippen LogP contribution in [0.15, 0.2) is 0 Å². The van der Waals surface area contributed by atoms with Gasteiger partial charge in [0.25, 0.3) is 0 Å². The zero-order valence-electron chi connectivity index (χ0n) is 12.3. The van der Waals surface area contributed by atoms with Crippen molar-refractivity contribution >= 4 is 5.91 Å². The zero-order chi connectivity index (χ0) is 13.5. The molecule has 0 aromatic carbocycles. The number of amides is 1. The molecule has 0 saturated carbocycles. The van der Waals surface area contributed by atoms with Gasteiger partial charge in [0.15, 0.2) is 0 Å². The van der Waals surface area contributed by atoms with E-state index >= 15 is 0 Å². The van der Waals surface area contributed by atoms with Gasteiger partial charge in [-0.2, -0.15) is 0 Å². The van der Waals surface area contributed by atoms with Crippen molar-refractivity contribution in [3.63, 3.8) is 0 Å². The van der Waals surface area contributed by atoms with Gasteiger partial charge in [-0.1, -0.05) is 13.3 Å². The highest BCUT2D eigenvalue weighted by atomic mass is 16.2. The van der Waals surface area contributed by atoms with E-state index in [9.17, 15) is 4.79 Å². The molecule has 2 fully saturated rings. The highest BCUT2D eigenvalue weighted by Gasteiger charge is 2.33. The van der Waals surface area contributed by atoms with Gasteiger partial charge in [-0.25, -0.2) is 0 Å². The van der Waals surface area contributed by atoms with Crippen molar-refractivity contribution in [2.24, 2.45) is 5.92 Å². The Morgan fingerprint density at radius 3 is 2.84 bits per heavy atom. The summed E-state index contributed by atoms with van der Waals surface area (Å²) in [7, 11) is 0. The molecule has 0 radical (unpaired) electrons. The molecule has 2 saturated heterocycles. The summed E-state index contributed by atoms with van der Waals surface area (Å²) in [4.78, 5) is 14.4. The van der Waals surface area contributed by atoms with Crippen LogP contribution in [0.25, 0.3) is 0 Å². The number of hydrogen-bond donors (Lipinski definition) is 2. The van der Waals surface area contributed by atoms with Gasteiger partial charge in [-0.15, -0.1) is 0 Å². The summed E-state index contributed by atoms with van der Waals surface area (Å²) >= 11 is 0. The fraction of sp³-hybridized carbons (Fsp3) is 0.933. The molecule has 0 aromatic rings. The molecule has 2 aliphatic rings. The first-order chi connectivity index (χ1) is 9.31. The molecule has 2 rings (SSSR count). The van der Waals surface area contributed by atoms with Gasteiger partial charge in [0, 0.05) is 12.6 Å². The second-order valence-corrected chi connectivity index (χ2v) is 5.97.